The second-order valence-corrected chi connectivity index (χ2v) is 8.07. The van der Waals surface area contributed by atoms with Crippen LogP contribution in [0.2, 0.25) is 0 Å². The van der Waals surface area contributed by atoms with Gasteiger partial charge in [0.15, 0.2) is 0 Å². The number of amides is 2. The van der Waals surface area contributed by atoms with Crippen molar-refractivity contribution in [2.24, 2.45) is 0 Å². The molecular formula is C21H18F6N4O3S. The molecule has 7 nitrogen and oxygen atoms in total. The Hall–Kier alpha value is -3.49. The van der Waals surface area contributed by atoms with Gasteiger partial charge in [-0.15, -0.1) is 0 Å². The van der Waals surface area contributed by atoms with E-state index in [0.29, 0.717) is 23.0 Å². The molecule has 3 rings (SSSR count). The maximum absolute atomic E-state index is 13.2. The third-order valence-electron chi connectivity index (χ3n) is 4.37. The van der Waals surface area contributed by atoms with Crippen LogP contribution in [0.3, 0.4) is 0 Å². The summed E-state index contributed by atoms with van der Waals surface area (Å²) in [5.41, 5.74) is -1.39. The third-order valence-corrected chi connectivity index (χ3v) is 5.52. The lowest BCUT2D eigenvalue weighted by atomic mass is 10.1. The lowest BCUT2D eigenvalue weighted by Crippen LogP contribution is -2.22. The van der Waals surface area contributed by atoms with Gasteiger partial charge in [-0.1, -0.05) is 12.1 Å². The summed E-state index contributed by atoms with van der Waals surface area (Å²) in [6.07, 6.45) is -6.88. The number of hydrogen-bond acceptors (Lipinski definition) is 3. The van der Waals surface area contributed by atoms with Gasteiger partial charge >= 0.3 is 18.4 Å². The monoisotopic (exact) mass is 520 g/mol. The largest absolute Gasteiger partial charge is 0.417 e. The van der Waals surface area contributed by atoms with Crippen LogP contribution in [0.15, 0.2) is 71.9 Å². The van der Waals surface area contributed by atoms with E-state index in [-0.39, 0.29) is 24.2 Å². The Bertz CT molecular complexity index is 1170. The standard InChI is InChI=1S/C21H16F6N4O2S.H2O/c22-20(23,24)14-3-6-17(21(25,26)27)18(11-14)34(33)29-12-13-1-4-15(5-2-13)30-19(32)31-16-7-9-28-10-8-16;/h1-11,29H,12H2,(H2,28,30,31,32);1H2. The van der Waals surface area contributed by atoms with Gasteiger partial charge in [0.25, 0.3) is 0 Å². The van der Waals surface area contributed by atoms with E-state index in [1.54, 1.807) is 12.1 Å². The molecule has 5 N–H and O–H groups in total. The molecule has 14 heteroatoms. The molecule has 1 heterocycles. The van der Waals surface area contributed by atoms with E-state index in [9.17, 15) is 35.3 Å². The predicted octanol–water partition coefficient (Wildman–Crippen LogP) is 4.75. The molecule has 0 spiro atoms. The Morgan fingerprint density at radius 3 is 1.94 bits per heavy atom. The van der Waals surface area contributed by atoms with Crippen LogP contribution in [0, 0.1) is 0 Å². The number of carbonyl (C=O) groups is 1. The van der Waals surface area contributed by atoms with Crippen molar-refractivity contribution in [3.8, 4) is 0 Å². The van der Waals surface area contributed by atoms with Crippen LogP contribution >= 0.6 is 0 Å². The quantitative estimate of drug-likeness (QED) is 0.408. The van der Waals surface area contributed by atoms with Crippen molar-refractivity contribution in [1.29, 1.82) is 0 Å². The summed E-state index contributed by atoms with van der Waals surface area (Å²) in [5, 5.41) is 5.15. The number of nitrogens with one attached hydrogen (secondary N) is 3. The van der Waals surface area contributed by atoms with Crippen LogP contribution in [-0.4, -0.2) is 20.7 Å². The zero-order valence-electron chi connectivity index (χ0n) is 17.5. The molecule has 0 saturated carbocycles. The summed E-state index contributed by atoms with van der Waals surface area (Å²) in [5.74, 6) is 0. The highest BCUT2D eigenvalue weighted by Gasteiger charge is 2.38. The topological polar surface area (TPSA) is 115 Å². The van der Waals surface area contributed by atoms with Crippen LogP contribution < -0.4 is 15.4 Å². The fourth-order valence-electron chi connectivity index (χ4n) is 2.75. The highest BCUT2D eigenvalue weighted by Crippen LogP contribution is 2.37. The summed E-state index contributed by atoms with van der Waals surface area (Å²) >= 11 is 0. The third kappa shape index (κ3) is 7.77. The number of hydrogen-bond donors (Lipinski definition) is 3. The Kier molecular flexibility index (Phi) is 8.95. The lowest BCUT2D eigenvalue weighted by Gasteiger charge is -2.16. The summed E-state index contributed by atoms with van der Waals surface area (Å²) in [6.45, 7) is -0.205. The van der Waals surface area contributed by atoms with Gasteiger partial charge < -0.3 is 16.1 Å². The molecule has 3 aromatic rings. The minimum Gasteiger partial charge on any atom is -0.412 e. The van der Waals surface area contributed by atoms with E-state index in [4.69, 9.17) is 0 Å². The average molecular weight is 520 g/mol. The molecule has 1 atom stereocenters. The second kappa shape index (κ2) is 11.3. The molecule has 0 bridgehead atoms. The normalized spacial score (nSPS) is 12.4. The molecule has 0 saturated heterocycles. The van der Waals surface area contributed by atoms with Gasteiger partial charge in [0.05, 0.1) is 16.0 Å². The molecular weight excluding hydrogens is 502 g/mol. The van der Waals surface area contributed by atoms with Gasteiger partial charge in [-0.05, 0) is 48.0 Å². The smallest absolute Gasteiger partial charge is 0.412 e. The summed E-state index contributed by atoms with van der Waals surface area (Å²) in [6, 6.07) is 9.42. The Morgan fingerprint density at radius 1 is 0.829 bits per heavy atom. The number of benzene rings is 2. The van der Waals surface area contributed by atoms with Crippen molar-refractivity contribution in [1.82, 2.24) is 9.71 Å². The molecule has 2 amide bonds. The molecule has 0 aliphatic heterocycles. The molecule has 0 aliphatic carbocycles. The number of halogens is 6. The number of carbonyl (C=O) groups excluding carboxylic acids is 1. The van der Waals surface area contributed by atoms with Crippen molar-refractivity contribution >= 4 is 28.4 Å². The molecule has 0 aliphatic rings. The van der Waals surface area contributed by atoms with E-state index in [2.05, 4.69) is 20.3 Å². The van der Waals surface area contributed by atoms with Crippen molar-refractivity contribution in [2.45, 2.75) is 23.8 Å². The minimum absolute atomic E-state index is 0. The summed E-state index contributed by atoms with van der Waals surface area (Å²) < 4.78 is 93.1. The first-order valence-corrected chi connectivity index (χ1v) is 10.6. The number of aromatic nitrogens is 1. The van der Waals surface area contributed by atoms with Crippen LogP contribution in [0.4, 0.5) is 42.5 Å². The summed E-state index contributed by atoms with van der Waals surface area (Å²) in [4.78, 5) is 14.8. The number of nitrogens with zero attached hydrogens (tertiary/aromatic N) is 1. The van der Waals surface area contributed by atoms with E-state index < -0.39 is 45.4 Å². The number of alkyl halides is 6. The van der Waals surface area contributed by atoms with Crippen LogP contribution in [0.25, 0.3) is 0 Å². The molecule has 188 valence electrons. The van der Waals surface area contributed by atoms with Crippen molar-refractivity contribution < 1.29 is 40.8 Å². The van der Waals surface area contributed by atoms with E-state index >= 15 is 0 Å². The zero-order chi connectivity index (χ0) is 24.9. The summed E-state index contributed by atoms with van der Waals surface area (Å²) in [7, 11) is -2.58. The first-order chi connectivity index (χ1) is 15.9. The molecule has 0 radical (unpaired) electrons. The van der Waals surface area contributed by atoms with Gasteiger partial charge in [0.1, 0.15) is 11.0 Å². The van der Waals surface area contributed by atoms with Gasteiger partial charge in [-0.3, -0.25) is 4.98 Å². The van der Waals surface area contributed by atoms with E-state index in [1.165, 1.54) is 36.7 Å². The Morgan fingerprint density at radius 2 is 1.40 bits per heavy atom. The van der Waals surface area contributed by atoms with Crippen molar-refractivity contribution in [3.05, 3.63) is 83.7 Å². The number of pyridine rings is 1. The second-order valence-electron chi connectivity index (χ2n) is 6.81. The van der Waals surface area contributed by atoms with Crippen LogP contribution in [0.1, 0.15) is 16.7 Å². The lowest BCUT2D eigenvalue weighted by molar-refractivity contribution is -0.143. The number of rotatable bonds is 6. The highest BCUT2D eigenvalue weighted by atomic mass is 32.2. The Labute approximate surface area is 197 Å². The SMILES string of the molecule is O.O=C(Nc1ccncc1)Nc1ccc(CNS(=O)c2cc(C(F)(F)F)ccc2C(F)(F)F)cc1. The maximum atomic E-state index is 13.2. The predicted molar refractivity (Wildman–Crippen MR) is 117 cm³/mol. The highest BCUT2D eigenvalue weighted by molar-refractivity contribution is 7.83. The molecule has 1 aromatic heterocycles. The van der Waals surface area contributed by atoms with Crippen molar-refractivity contribution in [3.63, 3.8) is 0 Å². The zero-order valence-corrected chi connectivity index (χ0v) is 18.3. The van der Waals surface area contributed by atoms with E-state index in [0.717, 1.165) is 0 Å². The maximum Gasteiger partial charge on any atom is 0.417 e. The first kappa shape index (κ1) is 27.8. The molecule has 0 fully saturated rings. The average Bonchev–Trinajstić information content (AvgIpc) is 2.77. The van der Waals surface area contributed by atoms with Crippen LogP contribution in [-0.2, 0) is 29.9 Å². The van der Waals surface area contributed by atoms with E-state index in [1.807, 2.05) is 0 Å². The number of urea groups is 1. The molecule has 1 unspecified atom stereocenters. The fraction of sp³-hybridized carbons (Fsp3) is 0.143. The van der Waals surface area contributed by atoms with Gasteiger partial charge in [0.2, 0.25) is 0 Å². The first-order valence-electron chi connectivity index (χ1n) is 9.44. The number of anilines is 2. The Balaban J connectivity index is 0.00000432. The van der Waals surface area contributed by atoms with Crippen LogP contribution in [0.5, 0.6) is 0 Å². The fourth-order valence-corrected chi connectivity index (χ4v) is 3.82. The van der Waals surface area contributed by atoms with Gasteiger partial charge in [-0.2, -0.15) is 26.3 Å². The van der Waals surface area contributed by atoms with Gasteiger partial charge in [-0.25, -0.2) is 13.7 Å². The van der Waals surface area contributed by atoms with Gasteiger partial charge in [0, 0.05) is 30.3 Å². The molecule has 2 aromatic carbocycles. The van der Waals surface area contributed by atoms with Crippen molar-refractivity contribution in [2.75, 3.05) is 10.6 Å². The molecule has 35 heavy (non-hydrogen) atoms. The minimum atomic E-state index is -4.99.